The lowest BCUT2D eigenvalue weighted by atomic mass is 10.2. The van der Waals surface area contributed by atoms with Crippen LogP contribution in [0.2, 0.25) is 5.02 Å². The van der Waals surface area contributed by atoms with Crippen LogP contribution in [0.5, 0.6) is 0 Å². The Bertz CT molecular complexity index is 731. The summed E-state index contributed by atoms with van der Waals surface area (Å²) in [6.07, 6.45) is 6.93. The molecule has 0 radical (unpaired) electrons. The molecule has 0 aliphatic rings. The van der Waals surface area contributed by atoms with Gasteiger partial charge in [-0.25, -0.2) is 4.98 Å². The van der Waals surface area contributed by atoms with Gasteiger partial charge >= 0.3 is 0 Å². The Morgan fingerprint density at radius 1 is 1.00 bits per heavy atom. The number of nitrogens with zero attached hydrogens (tertiary/aromatic N) is 3. The van der Waals surface area contributed by atoms with Crippen LogP contribution in [0.1, 0.15) is 5.56 Å². The van der Waals surface area contributed by atoms with Gasteiger partial charge in [0.25, 0.3) is 0 Å². The lowest BCUT2D eigenvalue weighted by Crippen LogP contribution is -2.02. The maximum atomic E-state index is 5.97. The second kappa shape index (κ2) is 6.33. The van der Waals surface area contributed by atoms with E-state index in [0.717, 1.165) is 27.7 Å². The Labute approximate surface area is 127 Å². The smallest absolute Gasteiger partial charge is 0.145 e. The molecule has 0 spiro atoms. The SMILES string of the molecule is Clc1cccc(CNc2cncc(-c3cccnc3)n2)c1. The fourth-order valence-corrected chi connectivity index (χ4v) is 2.16. The van der Waals surface area contributed by atoms with E-state index in [9.17, 15) is 0 Å². The van der Waals surface area contributed by atoms with Crippen LogP contribution in [0.25, 0.3) is 11.3 Å². The first-order valence-corrected chi connectivity index (χ1v) is 6.90. The van der Waals surface area contributed by atoms with Gasteiger partial charge in [0.05, 0.1) is 18.1 Å². The van der Waals surface area contributed by atoms with Gasteiger partial charge in [0.2, 0.25) is 0 Å². The molecule has 3 aromatic rings. The molecule has 0 fully saturated rings. The monoisotopic (exact) mass is 296 g/mol. The number of rotatable bonds is 4. The van der Waals surface area contributed by atoms with Gasteiger partial charge in [-0.1, -0.05) is 23.7 Å². The summed E-state index contributed by atoms with van der Waals surface area (Å²) in [7, 11) is 0. The van der Waals surface area contributed by atoms with Crippen LogP contribution in [0.4, 0.5) is 5.82 Å². The largest absolute Gasteiger partial charge is 0.365 e. The Kier molecular flexibility index (Phi) is 4.07. The van der Waals surface area contributed by atoms with Crippen molar-refractivity contribution in [3.8, 4) is 11.3 Å². The third kappa shape index (κ3) is 3.55. The fourth-order valence-electron chi connectivity index (χ4n) is 1.94. The summed E-state index contributed by atoms with van der Waals surface area (Å²) < 4.78 is 0. The minimum absolute atomic E-state index is 0.645. The predicted molar refractivity (Wildman–Crippen MR) is 84.0 cm³/mol. The zero-order valence-corrected chi connectivity index (χ0v) is 12.0. The zero-order valence-electron chi connectivity index (χ0n) is 11.2. The molecule has 104 valence electrons. The molecule has 1 aromatic carbocycles. The van der Waals surface area contributed by atoms with Gasteiger partial charge in [-0.05, 0) is 29.8 Å². The molecule has 0 bridgehead atoms. The highest BCUT2D eigenvalue weighted by atomic mass is 35.5. The van der Waals surface area contributed by atoms with Crippen molar-refractivity contribution in [2.45, 2.75) is 6.54 Å². The molecule has 0 unspecified atom stereocenters. The third-order valence-corrected chi connectivity index (χ3v) is 3.19. The summed E-state index contributed by atoms with van der Waals surface area (Å²) in [6.45, 7) is 0.645. The van der Waals surface area contributed by atoms with Crippen LogP contribution in [-0.2, 0) is 6.54 Å². The van der Waals surface area contributed by atoms with Gasteiger partial charge in [-0.2, -0.15) is 0 Å². The van der Waals surface area contributed by atoms with Crippen molar-refractivity contribution in [1.29, 1.82) is 0 Å². The number of nitrogens with one attached hydrogen (secondary N) is 1. The first-order valence-electron chi connectivity index (χ1n) is 6.52. The number of pyridine rings is 1. The molecule has 5 heteroatoms. The summed E-state index contributed by atoms with van der Waals surface area (Å²) in [4.78, 5) is 12.8. The average molecular weight is 297 g/mol. The van der Waals surface area contributed by atoms with E-state index < -0.39 is 0 Å². The van der Waals surface area contributed by atoms with Crippen LogP contribution in [0, 0.1) is 0 Å². The van der Waals surface area contributed by atoms with Crippen molar-refractivity contribution in [3.05, 3.63) is 71.8 Å². The molecular weight excluding hydrogens is 284 g/mol. The van der Waals surface area contributed by atoms with E-state index in [4.69, 9.17) is 11.6 Å². The van der Waals surface area contributed by atoms with E-state index in [1.807, 2.05) is 36.4 Å². The number of anilines is 1. The Morgan fingerprint density at radius 2 is 1.95 bits per heavy atom. The molecule has 0 amide bonds. The molecule has 2 aromatic heterocycles. The summed E-state index contributed by atoms with van der Waals surface area (Å²) in [6, 6.07) is 11.6. The molecule has 21 heavy (non-hydrogen) atoms. The van der Waals surface area contributed by atoms with Crippen LogP contribution in [0.3, 0.4) is 0 Å². The molecule has 0 saturated carbocycles. The van der Waals surface area contributed by atoms with Gasteiger partial charge in [0, 0.05) is 29.5 Å². The Morgan fingerprint density at radius 3 is 2.76 bits per heavy atom. The summed E-state index contributed by atoms with van der Waals surface area (Å²) >= 11 is 5.97. The summed E-state index contributed by atoms with van der Waals surface area (Å²) in [5.41, 5.74) is 2.83. The van der Waals surface area contributed by atoms with Crippen LogP contribution in [-0.4, -0.2) is 15.0 Å². The molecular formula is C16H13ClN4. The zero-order chi connectivity index (χ0) is 14.5. The highest BCUT2D eigenvalue weighted by Crippen LogP contribution is 2.17. The summed E-state index contributed by atoms with van der Waals surface area (Å²) in [5, 5.41) is 3.97. The van der Waals surface area contributed by atoms with Crippen molar-refractivity contribution >= 4 is 17.4 Å². The van der Waals surface area contributed by atoms with E-state index in [1.165, 1.54) is 0 Å². The lowest BCUT2D eigenvalue weighted by Gasteiger charge is -2.07. The highest BCUT2D eigenvalue weighted by Gasteiger charge is 2.02. The highest BCUT2D eigenvalue weighted by molar-refractivity contribution is 6.30. The van der Waals surface area contributed by atoms with E-state index in [2.05, 4.69) is 20.3 Å². The molecule has 2 heterocycles. The van der Waals surface area contributed by atoms with Crippen molar-refractivity contribution in [1.82, 2.24) is 15.0 Å². The Hall–Kier alpha value is -2.46. The van der Waals surface area contributed by atoms with Crippen molar-refractivity contribution in [2.75, 3.05) is 5.32 Å². The first kappa shape index (κ1) is 13.5. The molecule has 4 nitrogen and oxygen atoms in total. The molecule has 0 aliphatic carbocycles. The van der Waals surface area contributed by atoms with Crippen LogP contribution < -0.4 is 5.32 Å². The average Bonchev–Trinajstić information content (AvgIpc) is 2.54. The minimum atomic E-state index is 0.645. The molecule has 0 aliphatic heterocycles. The van der Waals surface area contributed by atoms with Crippen molar-refractivity contribution in [3.63, 3.8) is 0 Å². The standard InChI is InChI=1S/C16H13ClN4/c17-14-5-1-3-12(7-14)8-20-16-11-19-10-15(21-16)13-4-2-6-18-9-13/h1-7,9-11H,8H2,(H,20,21). The maximum Gasteiger partial charge on any atom is 0.145 e. The van der Waals surface area contributed by atoms with Gasteiger partial charge in [-0.15, -0.1) is 0 Å². The lowest BCUT2D eigenvalue weighted by molar-refractivity contribution is 1.09. The van der Waals surface area contributed by atoms with E-state index in [0.29, 0.717) is 6.54 Å². The topological polar surface area (TPSA) is 50.7 Å². The van der Waals surface area contributed by atoms with Gasteiger partial charge in [-0.3, -0.25) is 9.97 Å². The van der Waals surface area contributed by atoms with Gasteiger partial charge in [0.15, 0.2) is 0 Å². The van der Waals surface area contributed by atoms with E-state index in [1.54, 1.807) is 24.8 Å². The number of aromatic nitrogens is 3. The molecule has 0 atom stereocenters. The third-order valence-electron chi connectivity index (χ3n) is 2.95. The second-order valence-electron chi connectivity index (χ2n) is 4.51. The molecule has 1 N–H and O–H groups in total. The number of hydrogen-bond acceptors (Lipinski definition) is 4. The molecule has 3 rings (SSSR count). The first-order chi connectivity index (χ1) is 10.3. The maximum absolute atomic E-state index is 5.97. The van der Waals surface area contributed by atoms with Crippen molar-refractivity contribution in [2.24, 2.45) is 0 Å². The fraction of sp³-hybridized carbons (Fsp3) is 0.0625. The quantitative estimate of drug-likeness (QED) is 0.795. The normalized spacial score (nSPS) is 10.3. The minimum Gasteiger partial charge on any atom is -0.365 e. The second-order valence-corrected chi connectivity index (χ2v) is 4.95. The predicted octanol–water partition coefficient (Wildman–Crippen LogP) is 3.80. The number of hydrogen-bond donors (Lipinski definition) is 1. The molecule has 0 saturated heterocycles. The summed E-state index contributed by atoms with van der Waals surface area (Å²) in [5.74, 6) is 0.719. The Balaban J connectivity index is 1.75. The van der Waals surface area contributed by atoms with Crippen LogP contribution >= 0.6 is 11.6 Å². The van der Waals surface area contributed by atoms with E-state index in [-0.39, 0.29) is 0 Å². The van der Waals surface area contributed by atoms with Crippen molar-refractivity contribution < 1.29 is 0 Å². The number of benzene rings is 1. The van der Waals surface area contributed by atoms with Crippen LogP contribution in [0.15, 0.2) is 61.2 Å². The number of halogens is 1. The van der Waals surface area contributed by atoms with E-state index >= 15 is 0 Å². The van der Waals surface area contributed by atoms with Gasteiger partial charge in [0.1, 0.15) is 5.82 Å². The van der Waals surface area contributed by atoms with Gasteiger partial charge < -0.3 is 5.32 Å².